The van der Waals surface area contributed by atoms with E-state index in [2.05, 4.69) is 5.32 Å². The van der Waals surface area contributed by atoms with Gasteiger partial charge in [0.15, 0.2) is 18.9 Å². The Morgan fingerprint density at radius 1 is 0.722 bits per heavy atom. The molecule has 3 aliphatic rings. The quantitative estimate of drug-likeness (QED) is 0.147. The first kappa shape index (κ1) is 29.5. The van der Waals surface area contributed by atoms with Gasteiger partial charge in [0.05, 0.1) is 19.3 Å². The molecule has 1 amide bonds. The molecule has 0 aromatic carbocycles. The SMILES string of the molecule is CC(=O)N[C@@H]1[C@@H](O[C@H]2O[C@H](CO)[C@H](O)[C@H](O)[C@H]2O[C@@H]2O[C@@H](C)[C@@H](O)[C@@H](O)[C@@H]2O)[C@@H](O)[C@@H](CO)O[C@@H]1O. The van der Waals surface area contributed by atoms with Gasteiger partial charge in [0.1, 0.15) is 67.1 Å². The zero-order valence-electron chi connectivity index (χ0n) is 19.5. The van der Waals surface area contributed by atoms with E-state index >= 15 is 0 Å². The van der Waals surface area contributed by atoms with E-state index in [0.717, 1.165) is 6.92 Å². The Bertz CT molecular complexity index is 731. The maximum Gasteiger partial charge on any atom is 0.217 e. The van der Waals surface area contributed by atoms with Crippen LogP contribution in [0.3, 0.4) is 0 Å². The third-order valence-electron chi connectivity index (χ3n) is 6.46. The average molecular weight is 529 g/mol. The number of rotatable bonds is 7. The van der Waals surface area contributed by atoms with Crippen LogP contribution < -0.4 is 5.32 Å². The van der Waals surface area contributed by atoms with E-state index in [-0.39, 0.29) is 0 Å². The molecule has 16 nitrogen and oxygen atoms in total. The lowest BCUT2D eigenvalue weighted by atomic mass is 9.95. The summed E-state index contributed by atoms with van der Waals surface area (Å²) in [5, 5.41) is 93.8. The van der Waals surface area contributed by atoms with Crippen molar-refractivity contribution in [2.75, 3.05) is 13.2 Å². The third kappa shape index (κ3) is 5.97. The van der Waals surface area contributed by atoms with Gasteiger partial charge in [-0.3, -0.25) is 4.79 Å². The van der Waals surface area contributed by atoms with Gasteiger partial charge < -0.3 is 75.0 Å². The minimum Gasteiger partial charge on any atom is -0.394 e. The Balaban J connectivity index is 1.89. The maximum atomic E-state index is 11.7. The molecule has 3 saturated heterocycles. The normalized spacial score (nSPS) is 50.0. The fourth-order valence-corrected chi connectivity index (χ4v) is 4.38. The number of carbonyl (C=O) groups is 1. The molecule has 3 aliphatic heterocycles. The van der Waals surface area contributed by atoms with Gasteiger partial charge in [-0.05, 0) is 6.92 Å². The molecule has 0 aromatic rings. The lowest BCUT2D eigenvalue weighted by Gasteiger charge is -2.48. The molecular formula is C20H35NO15. The van der Waals surface area contributed by atoms with Gasteiger partial charge in [0.2, 0.25) is 5.91 Å². The van der Waals surface area contributed by atoms with E-state index in [1.165, 1.54) is 6.92 Å². The van der Waals surface area contributed by atoms with Crippen molar-refractivity contribution < 1.29 is 74.4 Å². The number of amides is 1. The van der Waals surface area contributed by atoms with Crippen LogP contribution in [-0.2, 0) is 28.5 Å². The van der Waals surface area contributed by atoms with Crippen LogP contribution in [0, 0.1) is 0 Å². The molecule has 16 heteroatoms. The molecule has 0 bridgehead atoms. The molecular weight excluding hydrogens is 494 g/mol. The summed E-state index contributed by atoms with van der Waals surface area (Å²) in [7, 11) is 0. The predicted octanol–water partition coefficient (Wildman–Crippen LogP) is -6.40. The van der Waals surface area contributed by atoms with Crippen LogP contribution in [-0.4, -0.2) is 157 Å². The Kier molecular flexibility index (Phi) is 9.97. The second-order valence-corrected chi connectivity index (χ2v) is 9.05. The monoisotopic (exact) mass is 529 g/mol. The summed E-state index contributed by atoms with van der Waals surface area (Å²) < 4.78 is 27.4. The molecule has 36 heavy (non-hydrogen) atoms. The fourth-order valence-electron chi connectivity index (χ4n) is 4.38. The standard InChI is InChI=1S/C20H35NO15/c1-5-10(25)13(28)15(30)19(32-5)36-17-14(29)11(26)7(3-22)34-20(17)35-16-9(21-6(2)24)18(31)33-8(4-23)12(16)27/h5,7-20,22-23,25-31H,3-4H2,1-2H3,(H,21,24)/t5-,7+,8+,9+,10+,11-,12-,13+,14-,15-,16+,17+,18-,19-,20+/m0/s1. The van der Waals surface area contributed by atoms with E-state index in [9.17, 15) is 50.8 Å². The highest BCUT2D eigenvalue weighted by molar-refractivity contribution is 5.73. The van der Waals surface area contributed by atoms with Gasteiger partial charge in [-0.15, -0.1) is 0 Å². The van der Waals surface area contributed by atoms with Crippen LogP contribution in [0.25, 0.3) is 0 Å². The van der Waals surface area contributed by atoms with E-state index in [4.69, 9.17) is 23.7 Å². The van der Waals surface area contributed by atoms with Gasteiger partial charge in [-0.1, -0.05) is 0 Å². The van der Waals surface area contributed by atoms with Crippen LogP contribution in [0.2, 0.25) is 0 Å². The third-order valence-corrected chi connectivity index (χ3v) is 6.46. The minimum atomic E-state index is -1.83. The molecule has 0 aromatic heterocycles. The molecule has 0 spiro atoms. The number of ether oxygens (including phenoxy) is 5. The number of aliphatic hydroxyl groups is 9. The van der Waals surface area contributed by atoms with Crippen LogP contribution in [0.1, 0.15) is 13.8 Å². The molecule has 0 unspecified atom stereocenters. The Labute approximate surface area is 205 Å². The summed E-state index contributed by atoms with van der Waals surface area (Å²) in [5.41, 5.74) is 0. The molecule has 0 saturated carbocycles. The molecule has 3 heterocycles. The number of hydrogen-bond donors (Lipinski definition) is 10. The first-order valence-corrected chi connectivity index (χ1v) is 11.4. The first-order valence-electron chi connectivity index (χ1n) is 11.4. The van der Waals surface area contributed by atoms with Crippen molar-refractivity contribution in [3.05, 3.63) is 0 Å². The van der Waals surface area contributed by atoms with Crippen molar-refractivity contribution in [1.29, 1.82) is 0 Å². The topological polar surface area (TPSA) is 257 Å². The van der Waals surface area contributed by atoms with Crippen molar-refractivity contribution in [3.8, 4) is 0 Å². The summed E-state index contributed by atoms with van der Waals surface area (Å²) in [6.45, 7) is 1.00. The van der Waals surface area contributed by atoms with Crippen LogP contribution in [0.5, 0.6) is 0 Å². The Hall–Kier alpha value is -1.09. The van der Waals surface area contributed by atoms with E-state index in [0.29, 0.717) is 0 Å². The lowest BCUT2D eigenvalue weighted by molar-refractivity contribution is -0.380. The van der Waals surface area contributed by atoms with Crippen molar-refractivity contribution in [2.45, 2.75) is 106 Å². The molecule has 0 aliphatic carbocycles. The van der Waals surface area contributed by atoms with Gasteiger partial charge in [0, 0.05) is 6.92 Å². The highest BCUT2D eigenvalue weighted by Gasteiger charge is 2.53. The highest BCUT2D eigenvalue weighted by atomic mass is 16.8. The molecule has 210 valence electrons. The van der Waals surface area contributed by atoms with Gasteiger partial charge >= 0.3 is 0 Å². The molecule has 3 rings (SSSR count). The van der Waals surface area contributed by atoms with E-state index in [1.807, 2.05) is 0 Å². The van der Waals surface area contributed by atoms with Gasteiger partial charge in [-0.25, -0.2) is 0 Å². The predicted molar refractivity (Wildman–Crippen MR) is 111 cm³/mol. The van der Waals surface area contributed by atoms with Crippen LogP contribution >= 0.6 is 0 Å². The van der Waals surface area contributed by atoms with Crippen molar-refractivity contribution in [2.24, 2.45) is 0 Å². The molecule has 3 fully saturated rings. The molecule has 10 N–H and O–H groups in total. The average Bonchev–Trinajstić information content (AvgIpc) is 2.83. The summed E-state index contributed by atoms with van der Waals surface area (Å²) in [5.74, 6) is -0.632. The smallest absolute Gasteiger partial charge is 0.217 e. The maximum absolute atomic E-state index is 11.7. The minimum absolute atomic E-state index is 0.632. The van der Waals surface area contributed by atoms with Crippen molar-refractivity contribution in [1.82, 2.24) is 5.32 Å². The zero-order valence-corrected chi connectivity index (χ0v) is 19.5. The lowest BCUT2D eigenvalue weighted by Crippen LogP contribution is -2.68. The number of carbonyl (C=O) groups excluding carboxylic acids is 1. The molecule has 0 radical (unpaired) electrons. The van der Waals surface area contributed by atoms with Gasteiger partial charge in [0.25, 0.3) is 0 Å². The summed E-state index contributed by atoms with van der Waals surface area (Å²) in [6, 6.07) is -1.39. The number of aliphatic hydroxyl groups excluding tert-OH is 9. The van der Waals surface area contributed by atoms with Gasteiger partial charge in [-0.2, -0.15) is 0 Å². The Morgan fingerprint density at radius 2 is 1.31 bits per heavy atom. The highest BCUT2D eigenvalue weighted by Crippen LogP contribution is 2.32. The Morgan fingerprint density at radius 3 is 1.89 bits per heavy atom. The van der Waals surface area contributed by atoms with Crippen LogP contribution in [0.4, 0.5) is 0 Å². The summed E-state index contributed by atoms with van der Waals surface area (Å²) in [4.78, 5) is 11.7. The zero-order chi connectivity index (χ0) is 26.9. The van der Waals surface area contributed by atoms with Crippen LogP contribution in [0.15, 0.2) is 0 Å². The molecule has 15 atom stereocenters. The van der Waals surface area contributed by atoms with E-state index < -0.39 is 111 Å². The number of nitrogens with one attached hydrogen (secondary N) is 1. The largest absolute Gasteiger partial charge is 0.394 e. The summed E-state index contributed by atoms with van der Waals surface area (Å²) >= 11 is 0. The van der Waals surface area contributed by atoms with Crippen molar-refractivity contribution >= 4 is 5.91 Å². The van der Waals surface area contributed by atoms with Crippen molar-refractivity contribution in [3.63, 3.8) is 0 Å². The second-order valence-electron chi connectivity index (χ2n) is 9.05. The van der Waals surface area contributed by atoms with E-state index in [1.54, 1.807) is 0 Å². The second kappa shape index (κ2) is 12.2. The fraction of sp³-hybridized carbons (Fsp3) is 0.950. The first-order chi connectivity index (χ1) is 16.9. The summed E-state index contributed by atoms with van der Waals surface area (Å²) in [6.07, 6.45) is -22.2. The number of hydrogen-bond acceptors (Lipinski definition) is 15.